The molecule has 1 aliphatic rings. The first-order valence-corrected chi connectivity index (χ1v) is 10.5. The Morgan fingerprint density at radius 1 is 1.11 bits per heavy atom. The number of imidazole rings is 1. The van der Waals surface area contributed by atoms with E-state index in [4.69, 9.17) is 4.98 Å². The van der Waals surface area contributed by atoms with Crippen molar-refractivity contribution < 1.29 is 0 Å². The predicted octanol–water partition coefficient (Wildman–Crippen LogP) is 5.08. The van der Waals surface area contributed by atoms with Crippen LogP contribution in [0.2, 0.25) is 0 Å². The van der Waals surface area contributed by atoms with E-state index in [2.05, 4.69) is 38.1 Å². The fraction of sp³-hybridized carbons (Fsp3) is 0.381. The zero-order chi connectivity index (χ0) is 18.1. The Labute approximate surface area is 162 Å². The number of hydrogen-bond acceptors (Lipinski definition) is 5. The molecule has 6 heteroatoms. The van der Waals surface area contributed by atoms with E-state index in [9.17, 15) is 0 Å². The average molecular weight is 378 g/mol. The monoisotopic (exact) mass is 377 g/mol. The van der Waals surface area contributed by atoms with E-state index in [-0.39, 0.29) is 0 Å². The Morgan fingerprint density at radius 2 is 2.04 bits per heavy atom. The molecule has 0 aliphatic heterocycles. The summed E-state index contributed by atoms with van der Waals surface area (Å²) in [4.78, 5) is 13.4. The molecule has 5 nitrogen and oxygen atoms in total. The van der Waals surface area contributed by atoms with Crippen molar-refractivity contribution >= 4 is 37.7 Å². The van der Waals surface area contributed by atoms with Crippen LogP contribution < -0.4 is 5.32 Å². The van der Waals surface area contributed by atoms with Gasteiger partial charge in [-0.3, -0.25) is 4.98 Å². The smallest absolute Gasteiger partial charge is 0.183 e. The first-order chi connectivity index (χ1) is 13.3. The Balaban J connectivity index is 1.32. The first kappa shape index (κ1) is 16.7. The topological polar surface area (TPSA) is 55.6 Å². The minimum absolute atomic E-state index is 0.793. The van der Waals surface area contributed by atoms with Crippen LogP contribution in [0, 0.1) is 5.92 Å². The second kappa shape index (κ2) is 7.27. The molecular formula is C21H23N5S. The van der Waals surface area contributed by atoms with Crippen LogP contribution in [0.3, 0.4) is 0 Å². The van der Waals surface area contributed by atoms with E-state index in [1.807, 2.05) is 18.6 Å². The molecule has 0 amide bonds. The van der Waals surface area contributed by atoms with E-state index < -0.39 is 0 Å². The summed E-state index contributed by atoms with van der Waals surface area (Å²) in [6, 6.07) is 8.49. The molecule has 1 saturated carbocycles. The summed E-state index contributed by atoms with van der Waals surface area (Å²) in [7, 11) is 0. The number of nitrogens with zero attached hydrogens (tertiary/aromatic N) is 4. The van der Waals surface area contributed by atoms with Crippen LogP contribution in [-0.2, 0) is 6.54 Å². The van der Waals surface area contributed by atoms with Crippen LogP contribution in [0.25, 0.3) is 21.3 Å². The van der Waals surface area contributed by atoms with Crippen molar-refractivity contribution in [3.8, 4) is 0 Å². The Kier molecular flexibility index (Phi) is 4.49. The minimum Gasteiger partial charge on any atom is -0.361 e. The van der Waals surface area contributed by atoms with Gasteiger partial charge < -0.3 is 9.88 Å². The van der Waals surface area contributed by atoms with Gasteiger partial charge in [0.1, 0.15) is 0 Å². The van der Waals surface area contributed by atoms with Crippen LogP contribution in [0.15, 0.2) is 43.0 Å². The van der Waals surface area contributed by atoms with Crippen LogP contribution in [0.4, 0.5) is 5.13 Å². The summed E-state index contributed by atoms with van der Waals surface area (Å²) in [5, 5.41) is 4.62. The van der Waals surface area contributed by atoms with E-state index >= 15 is 0 Å². The molecule has 0 bridgehead atoms. The summed E-state index contributed by atoms with van der Waals surface area (Å²) in [6.07, 6.45) is 12.4. The van der Waals surface area contributed by atoms with Crippen LogP contribution in [0.1, 0.15) is 37.7 Å². The number of pyridine rings is 1. The highest BCUT2D eigenvalue weighted by Gasteiger charge is 2.14. The van der Waals surface area contributed by atoms with E-state index in [1.54, 1.807) is 17.5 Å². The van der Waals surface area contributed by atoms with Gasteiger partial charge in [0.2, 0.25) is 0 Å². The Morgan fingerprint density at radius 3 is 2.96 bits per heavy atom. The SMILES string of the molecule is c1cc2ncn(Cc3ccc4nc(NCC5CCCCC5)sc4c3)c2cn1. The molecule has 1 N–H and O–H groups in total. The van der Waals surface area contributed by atoms with Crippen molar-refractivity contribution in [2.24, 2.45) is 5.92 Å². The highest BCUT2D eigenvalue weighted by atomic mass is 32.1. The standard InChI is InChI=1S/C21H23N5S/c1-2-4-15(5-3-1)11-23-21-25-18-7-6-16(10-20(18)27-21)13-26-14-24-17-8-9-22-12-19(17)26/h6-10,12,14-15H,1-5,11,13H2,(H,23,25). The number of fused-ring (bicyclic) bond motifs is 2. The first-order valence-electron chi connectivity index (χ1n) is 9.73. The molecule has 1 aliphatic carbocycles. The maximum atomic E-state index is 4.76. The molecule has 0 unspecified atom stereocenters. The molecule has 138 valence electrons. The summed E-state index contributed by atoms with van der Waals surface area (Å²) < 4.78 is 3.38. The normalized spacial score (nSPS) is 15.6. The zero-order valence-electron chi connectivity index (χ0n) is 15.3. The Hall–Kier alpha value is -2.47. The largest absolute Gasteiger partial charge is 0.361 e. The van der Waals surface area contributed by atoms with Gasteiger partial charge in [0, 0.05) is 19.3 Å². The number of benzene rings is 1. The molecule has 1 fully saturated rings. The van der Waals surface area contributed by atoms with E-state index in [1.165, 1.54) is 42.4 Å². The lowest BCUT2D eigenvalue weighted by Crippen LogP contribution is -2.16. The lowest BCUT2D eigenvalue weighted by molar-refractivity contribution is 0.373. The molecule has 0 radical (unpaired) electrons. The van der Waals surface area contributed by atoms with Gasteiger partial charge in [-0.05, 0) is 42.5 Å². The fourth-order valence-electron chi connectivity index (χ4n) is 3.99. The summed E-state index contributed by atoms with van der Waals surface area (Å²) >= 11 is 1.76. The van der Waals surface area contributed by atoms with Gasteiger partial charge in [0.05, 0.1) is 33.8 Å². The molecule has 0 spiro atoms. The third-order valence-corrected chi connectivity index (χ3v) is 6.47. The lowest BCUT2D eigenvalue weighted by atomic mass is 9.89. The van der Waals surface area contributed by atoms with Crippen molar-refractivity contribution in [3.05, 3.63) is 48.5 Å². The highest BCUT2D eigenvalue weighted by Crippen LogP contribution is 2.29. The molecule has 27 heavy (non-hydrogen) atoms. The number of anilines is 1. The predicted molar refractivity (Wildman–Crippen MR) is 111 cm³/mol. The summed E-state index contributed by atoms with van der Waals surface area (Å²) in [5.41, 5.74) is 4.38. The second-order valence-electron chi connectivity index (χ2n) is 7.44. The van der Waals surface area contributed by atoms with Crippen molar-refractivity contribution in [2.45, 2.75) is 38.6 Å². The fourth-order valence-corrected chi connectivity index (χ4v) is 4.93. The van der Waals surface area contributed by atoms with Crippen LogP contribution in [-0.4, -0.2) is 26.1 Å². The van der Waals surface area contributed by atoms with Gasteiger partial charge in [0.25, 0.3) is 0 Å². The van der Waals surface area contributed by atoms with Gasteiger partial charge in [-0.15, -0.1) is 0 Å². The molecule has 1 aromatic carbocycles. The van der Waals surface area contributed by atoms with Gasteiger partial charge in [-0.1, -0.05) is 36.7 Å². The lowest BCUT2D eigenvalue weighted by Gasteiger charge is -2.21. The number of rotatable bonds is 5. The number of hydrogen-bond donors (Lipinski definition) is 1. The maximum absolute atomic E-state index is 4.76. The minimum atomic E-state index is 0.793. The van der Waals surface area contributed by atoms with Gasteiger partial charge in [0.15, 0.2) is 5.13 Å². The molecule has 0 saturated heterocycles. The van der Waals surface area contributed by atoms with Crippen LogP contribution in [0.5, 0.6) is 0 Å². The maximum Gasteiger partial charge on any atom is 0.183 e. The van der Waals surface area contributed by atoms with Gasteiger partial charge >= 0.3 is 0 Å². The van der Waals surface area contributed by atoms with E-state index in [0.29, 0.717) is 0 Å². The van der Waals surface area contributed by atoms with Crippen molar-refractivity contribution in [1.29, 1.82) is 0 Å². The molecule has 0 atom stereocenters. The second-order valence-corrected chi connectivity index (χ2v) is 8.47. The molecule has 4 aromatic rings. The van der Waals surface area contributed by atoms with Gasteiger partial charge in [-0.2, -0.15) is 0 Å². The van der Waals surface area contributed by atoms with Crippen molar-refractivity contribution in [2.75, 3.05) is 11.9 Å². The third-order valence-electron chi connectivity index (χ3n) is 5.50. The molecule has 5 rings (SSSR count). The number of thiazole rings is 1. The van der Waals surface area contributed by atoms with Crippen LogP contribution >= 0.6 is 11.3 Å². The summed E-state index contributed by atoms with van der Waals surface area (Å²) in [5.74, 6) is 0.810. The highest BCUT2D eigenvalue weighted by molar-refractivity contribution is 7.22. The number of aromatic nitrogens is 4. The summed E-state index contributed by atoms with van der Waals surface area (Å²) in [6.45, 7) is 1.85. The van der Waals surface area contributed by atoms with Crippen molar-refractivity contribution in [3.63, 3.8) is 0 Å². The quantitative estimate of drug-likeness (QED) is 0.527. The van der Waals surface area contributed by atoms with E-state index in [0.717, 1.165) is 40.7 Å². The Bertz CT molecular complexity index is 1060. The van der Waals surface area contributed by atoms with Crippen molar-refractivity contribution in [1.82, 2.24) is 19.5 Å². The van der Waals surface area contributed by atoms with Gasteiger partial charge in [-0.25, -0.2) is 9.97 Å². The third kappa shape index (κ3) is 3.54. The molecule has 3 aromatic heterocycles. The molecule has 3 heterocycles. The zero-order valence-corrected chi connectivity index (χ0v) is 16.1. The average Bonchev–Trinajstić information content (AvgIpc) is 3.31. The molecular weight excluding hydrogens is 354 g/mol. The number of nitrogens with one attached hydrogen (secondary N) is 1.